The molecule has 1 aliphatic heterocycles. The molecule has 9 heteroatoms. The first-order valence-electron chi connectivity index (χ1n) is 8.55. The maximum atomic E-state index is 13.3. The van der Waals surface area contributed by atoms with Crippen LogP contribution in [0.25, 0.3) is 0 Å². The van der Waals surface area contributed by atoms with E-state index in [9.17, 15) is 18.4 Å². The number of nitrogens with one attached hydrogen (secondary N) is 1. The molecule has 148 valence electrons. The highest BCUT2D eigenvalue weighted by Crippen LogP contribution is 2.25. The normalized spacial score (nSPS) is 14.8. The summed E-state index contributed by atoms with van der Waals surface area (Å²) in [5, 5.41) is 3.20. The van der Waals surface area contributed by atoms with E-state index < -0.39 is 11.6 Å². The molecule has 0 aromatic heterocycles. The van der Waals surface area contributed by atoms with Crippen molar-refractivity contribution in [2.24, 2.45) is 0 Å². The van der Waals surface area contributed by atoms with Crippen molar-refractivity contribution in [2.45, 2.75) is 0 Å². The fraction of sp³-hybridized carbons (Fsp3) is 0.263. The Morgan fingerprint density at radius 3 is 2.39 bits per heavy atom. The van der Waals surface area contributed by atoms with E-state index >= 15 is 0 Å². The molecule has 0 bridgehead atoms. The second kappa shape index (κ2) is 8.98. The number of halogens is 4. The van der Waals surface area contributed by atoms with Gasteiger partial charge in [-0.3, -0.25) is 14.5 Å². The molecule has 1 N–H and O–H groups in total. The fourth-order valence-electron chi connectivity index (χ4n) is 2.90. The second-order valence-electron chi connectivity index (χ2n) is 6.37. The molecule has 0 atom stereocenters. The molecule has 2 amide bonds. The van der Waals surface area contributed by atoms with E-state index in [0.29, 0.717) is 36.9 Å². The molecule has 1 fully saturated rings. The van der Waals surface area contributed by atoms with Crippen LogP contribution in [0.1, 0.15) is 10.4 Å². The van der Waals surface area contributed by atoms with Gasteiger partial charge in [0, 0.05) is 36.2 Å². The summed E-state index contributed by atoms with van der Waals surface area (Å²) in [6.07, 6.45) is 0. The highest BCUT2D eigenvalue weighted by Gasteiger charge is 2.24. The molecular formula is C19H17BrClF2N3O2. The van der Waals surface area contributed by atoms with Crippen LogP contribution in [0.3, 0.4) is 0 Å². The Balaban J connectivity index is 1.51. The zero-order valence-corrected chi connectivity index (χ0v) is 17.1. The fourth-order valence-corrected chi connectivity index (χ4v) is 3.63. The summed E-state index contributed by atoms with van der Waals surface area (Å²) >= 11 is 9.40. The van der Waals surface area contributed by atoms with Crippen molar-refractivity contribution in [2.75, 3.05) is 38.0 Å². The number of piperazine rings is 1. The minimum Gasteiger partial charge on any atom is -0.336 e. The summed E-state index contributed by atoms with van der Waals surface area (Å²) in [6.45, 7) is 1.95. The highest BCUT2D eigenvalue weighted by atomic mass is 79.9. The average Bonchev–Trinajstić information content (AvgIpc) is 2.66. The van der Waals surface area contributed by atoms with E-state index in [1.165, 1.54) is 6.07 Å². The Labute approximate surface area is 174 Å². The molecule has 28 heavy (non-hydrogen) atoms. The summed E-state index contributed by atoms with van der Waals surface area (Å²) in [5.41, 5.74) is 0.636. The van der Waals surface area contributed by atoms with E-state index in [1.54, 1.807) is 23.1 Å². The largest absolute Gasteiger partial charge is 0.336 e. The van der Waals surface area contributed by atoms with Crippen molar-refractivity contribution in [3.05, 3.63) is 63.1 Å². The molecule has 1 heterocycles. The first-order valence-corrected chi connectivity index (χ1v) is 9.72. The van der Waals surface area contributed by atoms with Crippen LogP contribution in [0.2, 0.25) is 5.02 Å². The number of nitrogens with zero attached hydrogens (tertiary/aromatic N) is 2. The number of carbonyl (C=O) groups excluding carboxylic acids is 2. The summed E-state index contributed by atoms with van der Waals surface area (Å²) in [7, 11) is 0. The molecule has 2 aromatic rings. The zero-order chi connectivity index (χ0) is 20.3. The SMILES string of the molecule is O=C(CN1CCN(C(=O)c2ccc(F)c(F)c2)CC1)Nc1ccc(Br)cc1Cl. The van der Waals surface area contributed by atoms with Gasteiger partial charge in [-0.25, -0.2) is 8.78 Å². The Hall–Kier alpha value is -2.03. The van der Waals surface area contributed by atoms with Gasteiger partial charge in [-0.1, -0.05) is 27.5 Å². The maximum absolute atomic E-state index is 13.3. The first-order chi connectivity index (χ1) is 13.3. The molecule has 1 aliphatic rings. The molecule has 0 saturated carbocycles. The van der Waals surface area contributed by atoms with E-state index in [4.69, 9.17) is 11.6 Å². The Kier molecular flexibility index (Phi) is 6.64. The van der Waals surface area contributed by atoms with Crippen LogP contribution in [-0.4, -0.2) is 54.3 Å². The van der Waals surface area contributed by atoms with Gasteiger partial charge < -0.3 is 10.2 Å². The third-order valence-corrected chi connectivity index (χ3v) is 5.20. The molecule has 0 radical (unpaired) electrons. The minimum atomic E-state index is -1.05. The zero-order valence-electron chi connectivity index (χ0n) is 14.7. The topological polar surface area (TPSA) is 52.7 Å². The quantitative estimate of drug-likeness (QED) is 0.737. The van der Waals surface area contributed by atoms with Crippen LogP contribution < -0.4 is 5.32 Å². The van der Waals surface area contributed by atoms with Gasteiger partial charge in [-0.05, 0) is 36.4 Å². The van der Waals surface area contributed by atoms with Gasteiger partial charge >= 0.3 is 0 Å². The van der Waals surface area contributed by atoms with Crippen LogP contribution in [0.15, 0.2) is 40.9 Å². The van der Waals surface area contributed by atoms with Crippen molar-refractivity contribution < 1.29 is 18.4 Å². The van der Waals surface area contributed by atoms with Gasteiger partial charge in [0.1, 0.15) is 0 Å². The number of benzene rings is 2. The summed E-state index contributed by atoms with van der Waals surface area (Å²) in [6, 6.07) is 8.30. The number of hydrogen-bond acceptors (Lipinski definition) is 3. The lowest BCUT2D eigenvalue weighted by atomic mass is 10.1. The molecule has 2 aromatic carbocycles. The summed E-state index contributed by atoms with van der Waals surface area (Å²) in [4.78, 5) is 28.1. The van der Waals surface area contributed by atoms with Gasteiger partial charge in [0.2, 0.25) is 5.91 Å². The lowest BCUT2D eigenvalue weighted by Crippen LogP contribution is -2.50. The van der Waals surface area contributed by atoms with Crippen LogP contribution >= 0.6 is 27.5 Å². The Morgan fingerprint density at radius 1 is 1.04 bits per heavy atom. The van der Waals surface area contributed by atoms with Crippen molar-refractivity contribution >= 4 is 45.0 Å². The van der Waals surface area contributed by atoms with Crippen molar-refractivity contribution in [3.63, 3.8) is 0 Å². The third kappa shape index (κ3) is 5.06. The molecule has 0 aliphatic carbocycles. The number of anilines is 1. The minimum absolute atomic E-state index is 0.106. The van der Waals surface area contributed by atoms with Crippen LogP contribution in [0.5, 0.6) is 0 Å². The lowest BCUT2D eigenvalue weighted by Gasteiger charge is -2.34. The van der Waals surface area contributed by atoms with Crippen LogP contribution in [0.4, 0.5) is 14.5 Å². The number of hydrogen-bond donors (Lipinski definition) is 1. The second-order valence-corrected chi connectivity index (χ2v) is 7.69. The molecular weight excluding hydrogens is 456 g/mol. The smallest absolute Gasteiger partial charge is 0.254 e. The predicted octanol–water partition coefficient (Wildman–Crippen LogP) is 3.78. The number of rotatable bonds is 4. The first kappa shape index (κ1) is 20.7. The van der Waals surface area contributed by atoms with Gasteiger partial charge in [-0.15, -0.1) is 0 Å². The van der Waals surface area contributed by atoms with Gasteiger partial charge in [0.15, 0.2) is 11.6 Å². The van der Waals surface area contributed by atoms with Crippen molar-refractivity contribution in [3.8, 4) is 0 Å². The highest BCUT2D eigenvalue weighted by molar-refractivity contribution is 9.10. The Bertz CT molecular complexity index is 905. The maximum Gasteiger partial charge on any atom is 0.254 e. The predicted molar refractivity (Wildman–Crippen MR) is 106 cm³/mol. The molecule has 1 saturated heterocycles. The lowest BCUT2D eigenvalue weighted by molar-refractivity contribution is -0.117. The molecule has 5 nitrogen and oxygen atoms in total. The van der Waals surface area contributed by atoms with Crippen LogP contribution in [-0.2, 0) is 4.79 Å². The van der Waals surface area contributed by atoms with Gasteiger partial charge in [0.05, 0.1) is 17.3 Å². The third-order valence-electron chi connectivity index (χ3n) is 4.40. The van der Waals surface area contributed by atoms with Gasteiger partial charge in [0.25, 0.3) is 5.91 Å². The van der Waals surface area contributed by atoms with Gasteiger partial charge in [-0.2, -0.15) is 0 Å². The van der Waals surface area contributed by atoms with E-state index in [0.717, 1.165) is 16.6 Å². The standard InChI is InChI=1S/C19H17BrClF2N3O2/c20-13-2-4-17(14(21)10-13)24-18(27)11-25-5-7-26(8-6-25)19(28)12-1-3-15(22)16(23)9-12/h1-4,9-10H,5-8,11H2,(H,24,27). The van der Waals surface area contributed by atoms with E-state index in [2.05, 4.69) is 21.2 Å². The summed E-state index contributed by atoms with van der Waals surface area (Å²) < 4.78 is 27.2. The van der Waals surface area contributed by atoms with E-state index in [-0.39, 0.29) is 23.9 Å². The average molecular weight is 473 g/mol. The monoisotopic (exact) mass is 471 g/mol. The Morgan fingerprint density at radius 2 is 1.75 bits per heavy atom. The van der Waals surface area contributed by atoms with Crippen LogP contribution in [0, 0.1) is 11.6 Å². The number of amides is 2. The summed E-state index contributed by atoms with van der Waals surface area (Å²) in [5.74, 6) is -2.60. The molecule has 0 spiro atoms. The van der Waals surface area contributed by atoms with Crippen molar-refractivity contribution in [1.29, 1.82) is 0 Å². The molecule has 3 rings (SSSR count). The van der Waals surface area contributed by atoms with E-state index in [1.807, 2.05) is 4.90 Å². The van der Waals surface area contributed by atoms with Crippen molar-refractivity contribution in [1.82, 2.24) is 9.80 Å². The number of carbonyl (C=O) groups is 2. The molecule has 0 unspecified atom stereocenters.